The van der Waals surface area contributed by atoms with Gasteiger partial charge in [-0.15, -0.1) is 0 Å². The maximum absolute atomic E-state index is 11.7. The molecule has 0 aliphatic carbocycles. The lowest BCUT2D eigenvalue weighted by Gasteiger charge is -2.10. The van der Waals surface area contributed by atoms with Gasteiger partial charge in [0, 0.05) is 11.8 Å². The van der Waals surface area contributed by atoms with Gasteiger partial charge in [0.2, 0.25) is 0 Å². The minimum absolute atomic E-state index is 0.345. The molecule has 98 valence electrons. The predicted octanol–water partition coefficient (Wildman–Crippen LogP) is 2.93. The van der Waals surface area contributed by atoms with E-state index in [-0.39, 0.29) is 5.97 Å². The van der Waals surface area contributed by atoms with Crippen LogP contribution in [0, 0.1) is 0 Å². The number of hydrogen-bond donors (Lipinski definition) is 0. The van der Waals surface area contributed by atoms with Crippen molar-refractivity contribution in [2.45, 2.75) is 6.92 Å². The summed E-state index contributed by atoms with van der Waals surface area (Å²) >= 11 is 0. The molecular formula is C15H15NO3. The van der Waals surface area contributed by atoms with Gasteiger partial charge in [-0.05, 0) is 37.3 Å². The number of carbonyl (C=O) groups excluding carboxylic acids is 1. The van der Waals surface area contributed by atoms with Crippen molar-refractivity contribution in [3.63, 3.8) is 0 Å². The van der Waals surface area contributed by atoms with E-state index in [0.717, 1.165) is 11.3 Å². The number of rotatable bonds is 4. The summed E-state index contributed by atoms with van der Waals surface area (Å²) in [7, 11) is 1.59. The van der Waals surface area contributed by atoms with Crippen LogP contribution in [0.5, 0.6) is 5.75 Å². The molecule has 0 saturated carbocycles. The molecule has 0 unspecified atom stereocenters. The second kappa shape index (κ2) is 6.00. The van der Waals surface area contributed by atoms with Gasteiger partial charge in [0.05, 0.1) is 25.0 Å². The van der Waals surface area contributed by atoms with Crippen LogP contribution in [0.4, 0.5) is 0 Å². The summed E-state index contributed by atoms with van der Waals surface area (Å²) in [5, 5.41) is 0. The molecule has 0 atom stereocenters. The third kappa shape index (κ3) is 2.91. The number of benzene rings is 1. The maximum atomic E-state index is 11.7. The zero-order valence-electron chi connectivity index (χ0n) is 10.9. The van der Waals surface area contributed by atoms with Crippen LogP contribution in [0.25, 0.3) is 11.3 Å². The normalized spacial score (nSPS) is 10.0. The number of nitrogens with zero attached hydrogens (tertiary/aromatic N) is 1. The molecule has 19 heavy (non-hydrogen) atoms. The molecule has 0 aliphatic heterocycles. The van der Waals surface area contributed by atoms with E-state index >= 15 is 0 Å². The Hall–Kier alpha value is -2.36. The van der Waals surface area contributed by atoms with E-state index in [1.54, 1.807) is 38.4 Å². The summed E-state index contributed by atoms with van der Waals surface area (Å²) in [5.41, 5.74) is 2.02. The van der Waals surface area contributed by atoms with Crippen molar-refractivity contribution in [1.82, 2.24) is 4.98 Å². The Bertz CT molecular complexity index is 567. The Morgan fingerprint density at radius 2 is 2.11 bits per heavy atom. The molecule has 1 aromatic heterocycles. The molecule has 2 aromatic rings. The molecule has 0 radical (unpaired) electrons. The molecule has 0 saturated heterocycles. The smallest absolute Gasteiger partial charge is 0.338 e. The van der Waals surface area contributed by atoms with Crippen LogP contribution >= 0.6 is 0 Å². The summed E-state index contributed by atoms with van der Waals surface area (Å²) < 4.78 is 10.3. The van der Waals surface area contributed by atoms with Crippen LogP contribution < -0.4 is 4.74 Å². The molecule has 1 aromatic carbocycles. The van der Waals surface area contributed by atoms with E-state index in [1.165, 1.54) is 0 Å². The molecule has 0 aliphatic rings. The first-order valence-electron chi connectivity index (χ1n) is 6.02. The molecule has 0 spiro atoms. The Balaban J connectivity index is 2.46. The number of aromatic nitrogens is 1. The monoisotopic (exact) mass is 257 g/mol. The van der Waals surface area contributed by atoms with E-state index in [2.05, 4.69) is 4.98 Å². The summed E-state index contributed by atoms with van der Waals surface area (Å²) in [6.45, 7) is 2.13. The van der Waals surface area contributed by atoms with Gasteiger partial charge >= 0.3 is 5.97 Å². The maximum Gasteiger partial charge on any atom is 0.338 e. The van der Waals surface area contributed by atoms with E-state index < -0.39 is 0 Å². The van der Waals surface area contributed by atoms with Gasteiger partial charge in [0.25, 0.3) is 0 Å². The highest BCUT2D eigenvalue weighted by Crippen LogP contribution is 2.29. The number of esters is 1. The third-order valence-electron chi connectivity index (χ3n) is 2.65. The zero-order chi connectivity index (χ0) is 13.7. The standard InChI is InChI=1S/C15H15NO3/c1-3-19-15(17)11-7-8-14(18-2)12(10-11)13-6-4-5-9-16-13/h4-10H,3H2,1-2H3. The van der Waals surface area contributed by atoms with Crippen LogP contribution in [-0.4, -0.2) is 24.7 Å². The van der Waals surface area contributed by atoms with Gasteiger partial charge in [-0.1, -0.05) is 6.07 Å². The Labute approximate surface area is 112 Å². The highest BCUT2D eigenvalue weighted by atomic mass is 16.5. The van der Waals surface area contributed by atoms with Crippen molar-refractivity contribution in [3.8, 4) is 17.0 Å². The summed E-state index contributed by atoms with van der Waals surface area (Å²) in [4.78, 5) is 16.0. The predicted molar refractivity (Wildman–Crippen MR) is 72.2 cm³/mol. The van der Waals surface area contributed by atoms with Crippen molar-refractivity contribution in [1.29, 1.82) is 0 Å². The number of pyridine rings is 1. The number of hydrogen-bond acceptors (Lipinski definition) is 4. The zero-order valence-corrected chi connectivity index (χ0v) is 10.9. The third-order valence-corrected chi connectivity index (χ3v) is 2.65. The fourth-order valence-corrected chi connectivity index (χ4v) is 1.77. The second-order valence-corrected chi connectivity index (χ2v) is 3.85. The number of carbonyl (C=O) groups is 1. The minimum Gasteiger partial charge on any atom is -0.496 e. The lowest BCUT2D eigenvalue weighted by atomic mass is 10.1. The van der Waals surface area contributed by atoms with Crippen molar-refractivity contribution in [2.75, 3.05) is 13.7 Å². The van der Waals surface area contributed by atoms with E-state index in [4.69, 9.17) is 9.47 Å². The minimum atomic E-state index is -0.345. The first-order chi connectivity index (χ1) is 9.26. The van der Waals surface area contributed by atoms with E-state index in [9.17, 15) is 4.79 Å². The molecule has 4 heteroatoms. The fourth-order valence-electron chi connectivity index (χ4n) is 1.77. The SMILES string of the molecule is CCOC(=O)c1ccc(OC)c(-c2ccccn2)c1. The van der Waals surface area contributed by atoms with Crippen molar-refractivity contribution in [3.05, 3.63) is 48.2 Å². The van der Waals surface area contributed by atoms with Crippen molar-refractivity contribution in [2.24, 2.45) is 0 Å². The lowest BCUT2D eigenvalue weighted by molar-refractivity contribution is 0.0526. The van der Waals surface area contributed by atoms with Gasteiger partial charge in [-0.3, -0.25) is 4.98 Å². The molecule has 4 nitrogen and oxygen atoms in total. The summed E-state index contributed by atoms with van der Waals surface area (Å²) in [6.07, 6.45) is 1.70. The van der Waals surface area contributed by atoms with Gasteiger partial charge in [-0.2, -0.15) is 0 Å². The summed E-state index contributed by atoms with van der Waals surface area (Å²) in [6, 6.07) is 10.8. The lowest BCUT2D eigenvalue weighted by Crippen LogP contribution is -2.05. The molecule has 2 rings (SSSR count). The average molecular weight is 257 g/mol. The van der Waals surface area contributed by atoms with Gasteiger partial charge in [-0.25, -0.2) is 4.79 Å². The van der Waals surface area contributed by atoms with Gasteiger partial charge < -0.3 is 9.47 Å². The van der Waals surface area contributed by atoms with Crippen molar-refractivity contribution >= 4 is 5.97 Å². The molecule has 0 fully saturated rings. The first-order valence-corrected chi connectivity index (χ1v) is 6.02. The highest BCUT2D eigenvalue weighted by molar-refractivity contribution is 5.91. The Kier molecular flexibility index (Phi) is 4.13. The average Bonchev–Trinajstić information content (AvgIpc) is 2.47. The molecule has 0 N–H and O–H groups in total. The summed E-state index contributed by atoms with van der Waals surface area (Å²) in [5.74, 6) is 0.328. The quantitative estimate of drug-likeness (QED) is 0.790. The Morgan fingerprint density at radius 3 is 2.74 bits per heavy atom. The van der Waals surface area contributed by atoms with Gasteiger partial charge in [0.1, 0.15) is 5.75 Å². The second-order valence-electron chi connectivity index (χ2n) is 3.85. The molecule has 1 heterocycles. The molecular weight excluding hydrogens is 242 g/mol. The topological polar surface area (TPSA) is 48.4 Å². The van der Waals surface area contributed by atoms with Crippen LogP contribution in [-0.2, 0) is 4.74 Å². The number of ether oxygens (including phenoxy) is 2. The molecule has 0 amide bonds. The van der Waals surface area contributed by atoms with Crippen LogP contribution in [0.1, 0.15) is 17.3 Å². The first kappa shape index (κ1) is 13.1. The van der Waals surface area contributed by atoms with Crippen LogP contribution in [0.15, 0.2) is 42.6 Å². The van der Waals surface area contributed by atoms with Crippen molar-refractivity contribution < 1.29 is 14.3 Å². The van der Waals surface area contributed by atoms with Gasteiger partial charge in [0.15, 0.2) is 0 Å². The van der Waals surface area contributed by atoms with E-state index in [1.807, 2.05) is 18.2 Å². The van der Waals surface area contributed by atoms with Crippen LogP contribution in [0.3, 0.4) is 0 Å². The number of methoxy groups -OCH3 is 1. The fraction of sp³-hybridized carbons (Fsp3) is 0.200. The largest absolute Gasteiger partial charge is 0.496 e. The Morgan fingerprint density at radius 1 is 1.26 bits per heavy atom. The van der Waals surface area contributed by atoms with Crippen LogP contribution in [0.2, 0.25) is 0 Å². The highest BCUT2D eigenvalue weighted by Gasteiger charge is 2.12. The molecule has 0 bridgehead atoms. The van der Waals surface area contributed by atoms with E-state index in [0.29, 0.717) is 17.9 Å².